The van der Waals surface area contributed by atoms with Gasteiger partial charge < -0.3 is 0 Å². The summed E-state index contributed by atoms with van der Waals surface area (Å²) in [5.41, 5.74) is 1.82. The Bertz CT molecular complexity index is 470. The summed E-state index contributed by atoms with van der Waals surface area (Å²) in [4.78, 5) is 25.6. The summed E-state index contributed by atoms with van der Waals surface area (Å²) >= 11 is 1.61. The van der Waals surface area contributed by atoms with Crippen LogP contribution in [0.3, 0.4) is 0 Å². The van der Waals surface area contributed by atoms with Crippen molar-refractivity contribution in [2.75, 3.05) is 10.7 Å². The lowest BCUT2D eigenvalue weighted by atomic mass is 10.2. The molecule has 0 aliphatic carbocycles. The molecule has 1 aromatic carbocycles. The van der Waals surface area contributed by atoms with Gasteiger partial charge in [-0.05, 0) is 31.2 Å². The van der Waals surface area contributed by atoms with E-state index in [-0.39, 0.29) is 17.1 Å². The number of hydrogen-bond acceptors (Lipinski definition) is 3. The first-order chi connectivity index (χ1) is 9.13. The molecule has 4 heteroatoms. The molecular weight excluding hydrogens is 258 g/mol. The van der Waals surface area contributed by atoms with E-state index in [1.165, 1.54) is 4.90 Å². The molecular formula is C15H19NO2S. The second-order valence-electron chi connectivity index (χ2n) is 4.82. The highest BCUT2D eigenvalue weighted by molar-refractivity contribution is 8.00. The van der Waals surface area contributed by atoms with Crippen molar-refractivity contribution in [3.63, 3.8) is 0 Å². The summed E-state index contributed by atoms with van der Waals surface area (Å²) in [6, 6.07) is 7.52. The summed E-state index contributed by atoms with van der Waals surface area (Å²) in [6.07, 6.45) is 2.54. The van der Waals surface area contributed by atoms with Gasteiger partial charge in [0.15, 0.2) is 0 Å². The monoisotopic (exact) mass is 277 g/mol. The van der Waals surface area contributed by atoms with Crippen LogP contribution >= 0.6 is 11.8 Å². The van der Waals surface area contributed by atoms with Gasteiger partial charge in [0.25, 0.3) is 0 Å². The van der Waals surface area contributed by atoms with Crippen LogP contribution in [0.1, 0.15) is 31.7 Å². The zero-order chi connectivity index (χ0) is 13.8. The van der Waals surface area contributed by atoms with E-state index < -0.39 is 0 Å². The zero-order valence-corrected chi connectivity index (χ0v) is 12.2. The number of unbranched alkanes of at least 4 members (excludes halogenated alkanes) is 1. The van der Waals surface area contributed by atoms with Gasteiger partial charge in [0, 0.05) is 6.42 Å². The van der Waals surface area contributed by atoms with Crippen molar-refractivity contribution in [1.29, 1.82) is 0 Å². The summed E-state index contributed by atoms with van der Waals surface area (Å²) in [7, 11) is 0. The van der Waals surface area contributed by atoms with E-state index >= 15 is 0 Å². The number of carbonyl (C=O) groups excluding carboxylic acids is 2. The minimum Gasteiger partial charge on any atom is -0.274 e. The maximum atomic E-state index is 12.3. The Labute approximate surface area is 118 Å². The van der Waals surface area contributed by atoms with Gasteiger partial charge in [-0.25, -0.2) is 4.90 Å². The number of nitrogens with zero attached hydrogens (tertiary/aromatic N) is 1. The molecule has 1 saturated heterocycles. The zero-order valence-electron chi connectivity index (χ0n) is 11.4. The average Bonchev–Trinajstić information content (AvgIpc) is 2.67. The van der Waals surface area contributed by atoms with Gasteiger partial charge in [-0.1, -0.05) is 31.0 Å². The molecule has 102 valence electrons. The predicted octanol–water partition coefficient (Wildman–Crippen LogP) is 3.16. The number of anilines is 1. The molecule has 1 fully saturated rings. The van der Waals surface area contributed by atoms with Crippen LogP contribution in [-0.4, -0.2) is 22.8 Å². The fraction of sp³-hybridized carbons (Fsp3) is 0.467. The third-order valence-corrected chi connectivity index (χ3v) is 4.51. The first-order valence-corrected chi connectivity index (χ1v) is 7.73. The number of hydrogen-bond donors (Lipinski definition) is 0. The number of amides is 2. The topological polar surface area (TPSA) is 37.4 Å². The normalized spacial score (nSPS) is 19.3. The standard InChI is InChI=1S/C15H19NO2S/c1-3-4-9-19-13-10-14(17)16(15(13)18)12-7-5-11(2)6-8-12/h5-8,13H,3-4,9-10H2,1-2H3/t13-/m0/s1. The highest BCUT2D eigenvalue weighted by Gasteiger charge is 2.39. The molecule has 0 N–H and O–H groups in total. The lowest BCUT2D eigenvalue weighted by Crippen LogP contribution is -2.31. The van der Waals surface area contributed by atoms with Gasteiger partial charge in [-0.2, -0.15) is 0 Å². The molecule has 0 bridgehead atoms. The Morgan fingerprint density at radius 2 is 1.95 bits per heavy atom. The summed E-state index contributed by atoms with van der Waals surface area (Å²) in [6.45, 7) is 4.11. The molecule has 0 saturated carbocycles. The molecule has 0 spiro atoms. The molecule has 0 radical (unpaired) electrons. The quantitative estimate of drug-likeness (QED) is 0.613. The summed E-state index contributed by atoms with van der Waals surface area (Å²) in [5, 5.41) is -0.194. The second-order valence-corrected chi connectivity index (χ2v) is 6.13. The van der Waals surface area contributed by atoms with Crippen molar-refractivity contribution in [1.82, 2.24) is 0 Å². The highest BCUT2D eigenvalue weighted by atomic mass is 32.2. The lowest BCUT2D eigenvalue weighted by molar-refractivity contribution is -0.121. The molecule has 19 heavy (non-hydrogen) atoms. The van der Waals surface area contributed by atoms with Crippen LogP contribution in [0.2, 0.25) is 0 Å². The fourth-order valence-corrected chi connectivity index (χ4v) is 3.32. The number of imide groups is 1. The fourth-order valence-electron chi connectivity index (χ4n) is 2.07. The van der Waals surface area contributed by atoms with E-state index in [2.05, 4.69) is 6.92 Å². The molecule has 1 aliphatic heterocycles. The number of thioether (sulfide) groups is 1. The molecule has 1 heterocycles. The van der Waals surface area contributed by atoms with Crippen molar-refractivity contribution < 1.29 is 9.59 Å². The Hall–Kier alpha value is -1.29. The Morgan fingerprint density at radius 1 is 1.26 bits per heavy atom. The van der Waals surface area contributed by atoms with Crippen LogP contribution in [-0.2, 0) is 9.59 Å². The van der Waals surface area contributed by atoms with E-state index in [9.17, 15) is 9.59 Å². The van der Waals surface area contributed by atoms with Crippen molar-refractivity contribution in [3.8, 4) is 0 Å². The Kier molecular flexibility index (Phi) is 4.64. The average molecular weight is 277 g/mol. The molecule has 1 atom stereocenters. The molecule has 3 nitrogen and oxygen atoms in total. The minimum atomic E-state index is -0.194. The first-order valence-electron chi connectivity index (χ1n) is 6.68. The number of rotatable bonds is 5. The summed E-state index contributed by atoms with van der Waals surface area (Å²) in [5.74, 6) is 0.805. The van der Waals surface area contributed by atoms with Crippen LogP contribution in [0, 0.1) is 6.92 Å². The Balaban J connectivity index is 2.08. The molecule has 1 aliphatic rings. The largest absolute Gasteiger partial charge is 0.274 e. The Morgan fingerprint density at radius 3 is 2.58 bits per heavy atom. The maximum absolute atomic E-state index is 12.3. The molecule has 1 aromatic rings. The van der Waals surface area contributed by atoms with Gasteiger partial charge in [0.2, 0.25) is 11.8 Å². The summed E-state index contributed by atoms with van der Waals surface area (Å²) < 4.78 is 0. The second kappa shape index (κ2) is 6.24. The third-order valence-electron chi connectivity index (χ3n) is 3.21. The maximum Gasteiger partial charge on any atom is 0.247 e. The van der Waals surface area contributed by atoms with E-state index in [0.29, 0.717) is 12.1 Å². The van der Waals surface area contributed by atoms with E-state index in [0.717, 1.165) is 24.2 Å². The first kappa shape index (κ1) is 14.1. The van der Waals surface area contributed by atoms with Gasteiger partial charge in [0.05, 0.1) is 10.9 Å². The number of carbonyl (C=O) groups is 2. The molecule has 2 amide bonds. The van der Waals surface area contributed by atoms with Crippen molar-refractivity contribution in [3.05, 3.63) is 29.8 Å². The van der Waals surface area contributed by atoms with Gasteiger partial charge in [0.1, 0.15) is 0 Å². The SMILES string of the molecule is CCCCS[C@H]1CC(=O)N(c2ccc(C)cc2)C1=O. The molecule has 0 unspecified atom stereocenters. The van der Waals surface area contributed by atoms with Crippen molar-refractivity contribution >= 4 is 29.3 Å². The minimum absolute atomic E-state index is 0.0602. The third kappa shape index (κ3) is 3.18. The smallest absolute Gasteiger partial charge is 0.247 e. The van der Waals surface area contributed by atoms with Crippen LogP contribution in [0.5, 0.6) is 0 Å². The number of aryl methyl sites for hydroxylation is 1. The van der Waals surface area contributed by atoms with E-state index in [4.69, 9.17) is 0 Å². The number of benzene rings is 1. The van der Waals surface area contributed by atoms with Gasteiger partial charge in [-0.3, -0.25) is 9.59 Å². The van der Waals surface area contributed by atoms with Crippen LogP contribution in [0.15, 0.2) is 24.3 Å². The van der Waals surface area contributed by atoms with Crippen LogP contribution in [0.4, 0.5) is 5.69 Å². The van der Waals surface area contributed by atoms with E-state index in [1.54, 1.807) is 11.8 Å². The van der Waals surface area contributed by atoms with Crippen LogP contribution < -0.4 is 4.90 Å². The van der Waals surface area contributed by atoms with Crippen molar-refractivity contribution in [2.45, 2.75) is 38.4 Å². The van der Waals surface area contributed by atoms with Gasteiger partial charge in [-0.15, -0.1) is 11.8 Å². The van der Waals surface area contributed by atoms with E-state index in [1.807, 2.05) is 31.2 Å². The van der Waals surface area contributed by atoms with Crippen LogP contribution in [0.25, 0.3) is 0 Å². The molecule has 2 rings (SSSR count). The van der Waals surface area contributed by atoms with Gasteiger partial charge >= 0.3 is 0 Å². The molecule has 0 aromatic heterocycles. The lowest BCUT2D eigenvalue weighted by Gasteiger charge is -2.15. The highest BCUT2D eigenvalue weighted by Crippen LogP contribution is 2.30. The van der Waals surface area contributed by atoms with Crippen molar-refractivity contribution in [2.24, 2.45) is 0 Å². The predicted molar refractivity (Wildman–Crippen MR) is 79.4 cm³/mol.